The van der Waals surface area contributed by atoms with Crippen molar-refractivity contribution in [2.24, 2.45) is 0 Å². The molecule has 29 heavy (non-hydrogen) atoms. The second kappa shape index (κ2) is 8.68. The first-order valence-corrected chi connectivity index (χ1v) is 9.56. The van der Waals surface area contributed by atoms with Gasteiger partial charge in [0.05, 0.1) is 19.8 Å². The summed E-state index contributed by atoms with van der Waals surface area (Å²) < 4.78 is 36.8. The molecule has 0 aliphatic heterocycles. The molecule has 0 radical (unpaired) electrons. The maximum Gasteiger partial charge on any atom is 0.339 e. The zero-order chi connectivity index (χ0) is 21.8. The molecule has 0 unspecified atom stereocenters. The quantitative estimate of drug-likeness (QED) is 0.629. The Labute approximate surface area is 167 Å². The van der Waals surface area contributed by atoms with E-state index in [0.717, 1.165) is 7.11 Å². The van der Waals surface area contributed by atoms with Gasteiger partial charge in [-0.1, -0.05) is 0 Å². The maximum absolute atomic E-state index is 12.8. The fourth-order valence-electron chi connectivity index (χ4n) is 2.20. The van der Waals surface area contributed by atoms with Crippen LogP contribution >= 0.6 is 0 Å². The fraction of sp³-hybridized carbons (Fsp3) is 0.312. The van der Waals surface area contributed by atoms with Crippen LogP contribution in [0.4, 0.5) is 16.4 Å². The van der Waals surface area contributed by atoms with Gasteiger partial charge in [-0.2, -0.15) is 15.0 Å². The molecule has 0 aliphatic rings. The standard InChI is InChI=1S/C16H20N6O6S/c1-9-17-14(20-16(18-9)28-5)19-15(24)21-29(25,26)12-8-10(22(2)3)6-7-11(12)13(23)27-4/h6-8H,1-5H3,(H2,17,18,19,20,21,24). The van der Waals surface area contributed by atoms with Gasteiger partial charge in [-0.15, -0.1) is 0 Å². The Morgan fingerprint density at radius 3 is 2.38 bits per heavy atom. The highest BCUT2D eigenvalue weighted by molar-refractivity contribution is 7.90. The lowest BCUT2D eigenvalue weighted by Crippen LogP contribution is -2.36. The Morgan fingerprint density at radius 1 is 1.10 bits per heavy atom. The summed E-state index contributed by atoms with van der Waals surface area (Å²) in [6.07, 6.45) is 0. The molecule has 0 aliphatic carbocycles. The lowest BCUT2D eigenvalue weighted by atomic mass is 10.2. The van der Waals surface area contributed by atoms with Crippen molar-refractivity contribution in [2.75, 3.05) is 38.5 Å². The molecule has 2 amide bonds. The Bertz CT molecular complexity index is 1040. The van der Waals surface area contributed by atoms with E-state index in [1.54, 1.807) is 32.0 Å². The number of anilines is 2. The van der Waals surface area contributed by atoms with Crippen molar-refractivity contribution in [2.45, 2.75) is 11.8 Å². The SMILES string of the molecule is COC(=O)c1ccc(N(C)C)cc1S(=O)(=O)NC(=O)Nc1nc(C)nc(OC)n1. The summed E-state index contributed by atoms with van der Waals surface area (Å²) in [5.74, 6) is -0.826. The van der Waals surface area contributed by atoms with Crippen molar-refractivity contribution in [3.05, 3.63) is 29.6 Å². The van der Waals surface area contributed by atoms with Crippen LogP contribution in [0, 0.1) is 6.92 Å². The minimum atomic E-state index is -4.44. The average Bonchev–Trinajstić information content (AvgIpc) is 2.65. The van der Waals surface area contributed by atoms with Gasteiger partial charge in [-0.3, -0.25) is 5.32 Å². The van der Waals surface area contributed by atoms with Crippen LogP contribution < -0.4 is 19.7 Å². The van der Waals surface area contributed by atoms with Gasteiger partial charge in [-0.05, 0) is 25.1 Å². The number of nitrogens with zero attached hydrogens (tertiary/aromatic N) is 4. The lowest BCUT2D eigenvalue weighted by molar-refractivity contribution is 0.0596. The van der Waals surface area contributed by atoms with E-state index in [1.165, 1.54) is 19.2 Å². The molecule has 0 bridgehead atoms. The van der Waals surface area contributed by atoms with Crippen molar-refractivity contribution < 1.29 is 27.5 Å². The number of nitrogens with one attached hydrogen (secondary N) is 2. The van der Waals surface area contributed by atoms with Gasteiger partial charge in [0.15, 0.2) is 0 Å². The number of esters is 1. The van der Waals surface area contributed by atoms with Gasteiger partial charge in [0.2, 0.25) is 5.95 Å². The molecular formula is C16H20N6O6S. The van der Waals surface area contributed by atoms with Crippen LogP contribution in [-0.2, 0) is 14.8 Å². The highest BCUT2D eigenvalue weighted by Crippen LogP contribution is 2.23. The van der Waals surface area contributed by atoms with Crippen LogP contribution in [0.1, 0.15) is 16.2 Å². The van der Waals surface area contributed by atoms with E-state index in [4.69, 9.17) is 4.74 Å². The summed E-state index contributed by atoms with van der Waals surface area (Å²) in [5.41, 5.74) is 0.271. The molecular weight excluding hydrogens is 404 g/mol. The predicted molar refractivity (Wildman–Crippen MR) is 103 cm³/mol. The number of aryl methyl sites for hydroxylation is 1. The van der Waals surface area contributed by atoms with Gasteiger partial charge >= 0.3 is 18.0 Å². The normalized spacial score (nSPS) is 10.8. The smallest absolute Gasteiger partial charge is 0.339 e. The summed E-state index contributed by atoms with van der Waals surface area (Å²) in [6.45, 7) is 1.54. The minimum absolute atomic E-state index is 0.0534. The number of methoxy groups -OCH3 is 2. The molecule has 2 aromatic rings. The summed E-state index contributed by atoms with van der Waals surface area (Å²) in [4.78, 5) is 36.9. The largest absolute Gasteiger partial charge is 0.467 e. The van der Waals surface area contributed by atoms with E-state index in [1.807, 2.05) is 4.72 Å². The van der Waals surface area contributed by atoms with E-state index in [-0.39, 0.29) is 23.3 Å². The van der Waals surface area contributed by atoms with Crippen LogP contribution in [0.5, 0.6) is 6.01 Å². The summed E-state index contributed by atoms with van der Waals surface area (Å²) in [6, 6.07) is 2.91. The third-order valence-electron chi connectivity index (χ3n) is 3.54. The average molecular weight is 424 g/mol. The summed E-state index contributed by atoms with van der Waals surface area (Å²) in [5, 5.41) is 2.19. The minimum Gasteiger partial charge on any atom is -0.467 e. The van der Waals surface area contributed by atoms with E-state index < -0.39 is 26.9 Å². The second-order valence-corrected chi connectivity index (χ2v) is 7.47. The molecule has 0 atom stereocenters. The monoisotopic (exact) mass is 424 g/mol. The number of amides is 2. The van der Waals surface area contributed by atoms with Crippen molar-refractivity contribution >= 4 is 33.7 Å². The van der Waals surface area contributed by atoms with Crippen LogP contribution in [0.2, 0.25) is 0 Å². The number of aromatic nitrogens is 3. The highest BCUT2D eigenvalue weighted by Gasteiger charge is 2.26. The van der Waals surface area contributed by atoms with Crippen molar-refractivity contribution in [1.82, 2.24) is 19.7 Å². The summed E-state index contributed by atoms with van der Waals surface area (Å²) in [7, 11) is 1.40. The topological polar surface area (TPSA) is 153 Å². The van der Waals surface area contributed by atoms with E-state index >= 15 is 0 Å². The highest BCUT2D eigenvalue weighted by atomic mass is 32.2. The van der Waals surface area contributed by atoms with Crippen LogP contribution in [0.25, 0.3) is 0 Å². The van der Waals surface area contributed by atoms with Gasteiger partial charge in [0.25, 0.3) is 10.0 Å². The number of carbonyl (C=O) groups is 2. The molecule has 2 N–H and O–H groups in total. The Balaban J connectivity index is 2.35. The van der Waals surface area contributed by atoms with Gasteiger partial charge in [0.1, 0.15) is 10.7 Å². The predicted octanol–water partition coefficient (Wildman–Crippen LogP) is 0.552. The van der Waals surface area contributed by atoms with Crippen molar-refractivity contribution in [3.8, 4) is 6.01 Å². The number of carbonyl (C=O) groups excluding carboxylic acids is 2. The molecule has 0 saturated carbocycles. The van der Waals surface area contributed by atoms with Gasteiger partial charge < -0.3 is 14.4 Å². The summed E-state index contributed by atoms with van der Waals surface area (Å²) >= 11 is 0. The number of sulfonamides is 1. The fourth-order valence-corrected chi connectivity index (χ4v) is 3.32. The second-order valence-electron chi connectivity index (χ2n) is 5.82. The molecule has 0 saturated heterocycles. The molecule has 12 nitrogen and oxygen atoms in total. The van der Waals surface area contributed by atoms with Crippen LogP contribution in [0.15, 0.2) is 23.1 Å². The molecule has 0 spiro atoms. The molecule has 1 aromatic carbocycles. The number of benzene rings is 1. The van der Waals surface area contributed by atoms with E-state index in [2.05, 4.69) is 25.0 Å². The molecule has 2 rings (SSSR count). The first-order valence-electron chi connectivity index (χ1n) is 8.07. The Morgan fingerprint density at radius 2 is 1.79 bits per heavy atom. The van der Waals surface area contributed by atoms with E-state index in [0.29, 0.717) is 5.69 Å². The molecule has 13 heteroatoms. The molecule has 0 fully saturated rings. The number of ether oxygens (including phenoxy) is 2. The molecule has 156 valence electrons. The number of urea groups is 1. The Hall–Kier alpha value is -3.48. The molecule has 1 heterocycles. The lowest BCUT2D eigenvalue weighted by Gasteiger charge is -2.16. The van der Waals surface area contributed by atoms with Crippen molar-refractivity contribution in [3.63, 3.8) is 0 Å². The van der Waals surface area contributed by atoms with Crippen LogP contribution in [0.3, 0.4) is 0 Å². The van der Waals surface area contributed by atoms with Crippen LogP contribution in [-0.4, -0.2) is 63.7 Å². The number of hydrogen-bond donors (Lipinski definition) is 2. The van der Waals surface area contributed by atoms with Gasteiger partial charge in [-0.25, -0.2) is 22.7 Å². The van der Waals surface area contributed by atoms with Crippen molar-refractivity contribution in [1.29, 1.82) is 0 Å². The zero-order valence-corrected chi connectivity index (χ0v) is 17.2. The molecule has 1 aromatic heterocycles. The van der Waals surface area contributed by atoms with Gasteiger partial charge in [0, 0.05) is 19.8 Å². The first-order chi connectivity index (χ1) is 13.6. The Kier molecular flexibility index (Phi) is 6.53. The third kappa shape index (κ3) is 5.28. The maximum atomic E-state index is 12.8. The number of rotatable bonds is 6. The number of hydrogen-bond acceptors (Lipinski definition) is 10. The first kappa shape index (κ1) is 21.8. The third-order valence-corrected chi connectivity index (χ3v) is 4.91. The zero-order valence-electron chi connectivity index (χ0n) is 16.4. The van der Waals surface area contributed by atoms with E-state index in [9.17, 15) is 18.0 Å².